The molecule has 1 saturated heterocycles. The van der Waals surface area contributed by atoms with Crippen LogP contribution in [0.4, 0.5) is 0 Å². The minimum absolute atomic E-state index is 0.295. The Morgan fingerprint density at radius 1 is 1.05 bits per heavy atom. The molecule has 1 heterocycles. The third-order valence-corrected chi connectivity index (χ3v) is 4.02. The number of benzene rings is 1. The van der Waals surface area contributed by atoms with E-state index in [1.807, 2.05) is 52.0 Å². The molecule has 0 spiro atoms. The topological polar surface area (TPSA) is 95.2 Å². The summed E-state index contributed by atoms with van der Waals surface area (Å²) in [5, 5.41) is 7.66. The van der Waals surface area contributed by atoms with Gasteiger partial charge in [-0.05, 0) is 40.1 Å². The van der Waals surface area contributed by atoms with E-state index in [4.69, 9.17) is 20.8 Å². The fourth-order valence-electron chi connectivity index (χ4n) is 2.01. The Labute approximate surface area is 131 Å². The van der Waals surface area contributed by atoms with E-state index in [2.05, 4.69) is 10.2 Å². The zero-order chi connectivity index (χ0) is 16.5. The lowest BCUT2D eigenvalue weighted by molar-refractivity contribution is 0.00578. The lowest BCUT2D eigenvalue weighted by Crippen LogP contribution is -2.41. The smallest absolute Gasteiger partial charge is 0.399 e. The average Bonchev–Trinajstić information content (AvgIpc) is 2.65. The molecular weight excluding hydrogens is 279 g/mol. The molecule has 22 heavy (non-hydrogen) atoms. The van der Waals surface area contributed by atoms with Crippen molar-refractivity contribution in [2.45, 2.75) is 45.8 Å². The summed E-state index contributed by atoms with van der Waals surface area (Å²) in [5.41, 5.74) is 12.3. The zero-order valence-corrected chi connectivity index (χ0v) is 13.8. The van der Waals surface area contributed by atoms with Crippen LogP contribution in [0.5, 0.6) is 0 Å². The molecule has 0 radical (unpaired) electrons. The van der Waals surface area contributed by atoms with Crippen LogP contribution in [0.15, 0.2) is 34.5 Å². The molecule has 0 amide bonds. The first-order valence-electron chi connectivity index (χ1n) is 7.21. The van der Waals surface area contributed by atoms with Crippen molar-refractivity contribution < 1.29 is 9.31 Å². The Kier molecular flexibility index (Phi) is 4.31. The summed E-state index contributed by atoms with van der Waals surface area (Å²) >= 11 is 0. The highest BCUT2D eigenvalue weighted by atomic mass is 16.7. The van der Waals surface area contributed by atoms with Crippen LogP contribution in [-0.2, 0) is 9.31 Å². The van der Waals surface area contributed by atoms with Crippen LogP contribution in [-0.4, -0.2) is 30.0 Å². The molecule has 1 aromatic carbocycles. The fraction of sp³-hybridized carbons (Fsp3) is 0.467. The predicted molar refractivity (Wildman–Crippen MR) is 90.2 cm³/mol. The van der Waals surface area contributed by atoms with E-state index in [0.29, 0.717) is 11.7 Å². The van der Waals surface area contributed by atoms with Crippen LogP contribution in [0.3, 0.4) is 0 Å². The molecule has 0 aliphatic carbocycles. The third kappa shape index (κ3) is 3.31. The molecule has 1 aliphatic heterocycles. The molecule has 1 fully saturated rings. The normalized spacial score (nSPS) is 21.2. The summed E-state index contributed by atoms with van der Waals surface area (Å²) in [6.07, 6.45) is 0. The fourth-order valence-corrected chi connectivity index (χ4v) is 2.01. The second kappa shape index (κ2) is 5.74. The Morgan fingerprint density at radius 2 is 1.64 bits per heavy atom. The number of nitrogens with zero attached hydrogens (tertiary/aromatic N) is 2. The predicted octanol–water partition coefficient (Wildman–Crippen LogP) is 0.983. The minimum Gasteiger partial charge on any atom is -0.399 e. The van der Waals surface area contributed by atoms with E-state index < -0.39 is 7.12 Å². The maximum atomic E-state index is 6.03. The monoisotopic (exact) mass is 302 g/mol. The second-order valence-electron chi connectivity index (χ2n) is 6.44. The molecule has 0 aromatic heterocycles. The standard InChI is InChI=1S/C15H23BN4O2/c1-10(17)19-20-13(18)11-7-6-8-12(9-11)16-21-14(2,3)15(4,5)22-16/h6-9H,1-5H3,(H2,17,19)(H2,18,20). The van der Waals surface area contributed by atoms with E-state index in [0.717, 1.165) is 11.0 Å². The SMILES string of the molecule is C/C(N)=N/N=C(\N)c1cccc(B2OC(C)(C)C(C)(C)O2)c1. The van der Waals surface area contributed by atoms with E-state index in [-0.39, 0.29) is 11.2 Å². The van der Waals surface area contributed by atoms with Gasteiger partial charge in [0, 0.05) is 5.56 Å². The lowest BCUT2D eigenvalue weighted by Gasteiger charge is -2.32. The first-order chi connectivity index (χ1) is 10.1. The maximum absolute atomic E-state index is 6.03. The van der Waals surface area contributed by atoms with Crippen LogP contribution in [0.2, 0.25) is 0 Å². The molecule has 1 aromatic rings. The van der Waals surface area contributed by atoms with Gasteiger partial charge in [0.25, 0.3) is 0 Å². The summed E-state index contributed by atoms with van der Waals surface area (Å²) in [6, 6.07) is 7.57. The Balaban J connectivity index is 2.27. The highest BCUT2D eigenvalue weighted by Crippen LogP contribution is 2.36. The van der Waals surface area contributed by atoms with Crippen molar-refractivity contribution in [3.05, 3.63) is 29.8 Å². The van der Waals surface area contributed by atoms with Gasteiger partial charge < -0.3 is 20.8 Å². The number of hydrogen-bond donors (Lipinski definition) is 2. The lowest BCUT2D eigenvalue weighted by atomic mass is 9.78. The Bertz CT molecular complexity index is 606. The summed E-state index contributed by atoms with van der Waals surface area (Å²) < 4.78 is 12.1. The van der Waals surface area contributed by atoms with Crippen molar-refractivity contribution in [3.8, 4) is 0 Å². The van der Waals surface area contributed by atoms with Crippen molar-refractivity contribution >= 4 is 24.3 Å². The molecule has 0 atom stereocenters. The molecule has 4 N–H and O–H groups in total. The summed E-state index contributed by atoms with van der Waals surface area (Å²) in [4.78, 5) is 0. The largest absolute Gasteiger partial charge is 0.494 e. The first kappa shape index (κ1) is 16.5. The Morgan fingerprint density at radius 3 is 2.18 bits per heavy atom. The van der Waals surface area contributed by atoms with Gasteiger partial charge in [0.1, 0.15) is 5.84 Å². The molecule has 1 aliphatic rings. The van der Waals surface area contributed by atoms with E-state index in [9.17, 15) is 0 Å². The number of nitrogens with two attached hydrogens (primary N) is 2. The summed E-state index contributed by atoms with van der Waals surface area (Å²) in [7, 11) is -0.433. The maximum Gasteiger partial charge on any atom is 0.494 e. The molecule has 6 nitrogen and oxygen atoms in total. The number of hydrogen-bond acceptors (Lipinski definition) is 4. The molecule has 7 heteroatoms. The van der Waals surface area contributed by atoms with Gasteiger partial charge in [0.15, 0.2) is 5.84 Å². The van der Waals surface area contributed by atoms with Crippen LogP contribution >= 0.6 is 0 Å². The molecule has 2 rings (SSSR count). The van der Waals surface area contributed by atoms with Crippen LogP contribution in [0.1, 0.15) is 40.2 Å². The van der Waals surface area contributed by atoms with Crippen LogP contribution in [0, 0.1) is 0 Å². The van der Waals surface area contributed by atoms with E-state index >= 15 is 0 Å². The highest BCUT2D eigenvalue weighted by molar-refractivity contribution is 6.62. The Hall–Kier alpha value is -1.86. The quantitative estimate of drug-likeness (QED) is 0.376. The molecule has 0 unspecified atom stereocenters. The van der Waals surface area contributed by atoms with E-state index in [1.165, 1.54) is 0 Å². The third-order valence-electron chi connectivity index (χ3n) is 4.02. The molecule has 118 valence electrons. The van der Waals surface area contributed by atoms with Gasteiger partial charge in [-0.1, -0.05) is 24.3 Å². The highest BCUT2D eigenvalue weighted by Gasteiger charge is 2.51. The van der Waals surface area contributed by atoms with Crippen molar-refractivity contribution in [2.75, 3.05) is 0 Å². The van der Waals surface area contributed by atoms with Crippen molar-refractivity contribution in [3.63, 3.8) is 0 Å². The molecule has 0 saturated carbocycles. The van der Waals surface area contributed by atoms with Gasteiger partial charge >= 0.3 is 7.12 Å². The van der Waals surface area contributed by atoms with E-state index in [1.54, 1.807) is 6.92 Å². The summed E-state index contributed by atoms with van der Waals surface area (Å²) in [5.74, 6) is 0.647. The zero-order valence-electron chi connectivity index (χ0n) is 13.8. The van der Waals surface area contributed by atoms with Crippen LogP contribution in [0.25, 0.3) is 0 Å². The van der Waals surface area contributed by atoms with Gasteiger partial charge in [-0.25, -0.2) is 0 Å². The average molecular weight is 302 g/mol. The van der Waals surface area contributed by atoms with Crippen molar-refractivity contribution in [2.24, 2.45) is 21.7 Å². The van der Waals surface area contributed by atoms with Crippen molar-refractivity contribution in [1.82, 2.24) is 0 Å². The van der Waals surface area contributed by atoms with Gasteiger partial charge in [-0.3, -0.25) is 0 Å². The van der Waals surface area contributed by atoms with Crippen LogP contribution < -0.4 is 16.9 Å². The number of rotatable bonds is 3. The molecule has 0 bridgehead atoms. The number of amidine groups is 2. The summed E-state index contributed by atoms with van der Waals surface area (Å²) in [6.45, 7) is 9.73. The second-order valence-corrected chi connectivity index (χ2v) is 6.44. The van der Waals surface area contributed by atoms with Gasteiger partial charge in [0.2, 0.25) is 0 Å². The van der Waals surface area contributed by atoms with Gasteiger partial charge in [-0.15, -0.1) is 10.2 Å². The molecular formula is C15H23BN4O2. The van der Waals surface area contributed by atoms with Gasteiger partial charge in [0.05, 0.1) is 11.2 Å². The minimum atomic E-state index is -0.433. The van der Waals surface area contributed by atoms with Crippen molar-refractivity contribution in [1.29, 1.82) is 0 Å². The van der Waals surface area contributed by atoms with Gasteiger partial charge in [-0.2, -0.15) is 0 Å². The first-order valence-corrected chi connectivity index (χ1v) is 7.21.